The van der Waals surface area contributed by atoms with Gasteiger partial charge in [0.25, 0.3) is 0 Å². The topological polar surface area (TPSA) is 72.0 Å². The lowest BCUT2D eigenvalue weighted by Crippen LogP contribution is -2.05. The number of rotatable bonds is 7. The molecule has 0 aliphatic rings. The summed E-state index contributed by atoms with van der Waals surface area (Å²) in [6.07, 6.45) is 3.56. The van der Waals surface area contributed by atoms with Crippen LogP contribution in [0.2, 0.25) is 0 Å². The first-order valence-corrected chi connectivity index (χ1v) is 9.28. The fourth-order valence-corrected chi connectivity index (χ4v) is 2.86. The third kappa shape index (κ3) is 4.87. The van der Waals surface area contributed by atoms with Gasteiger partial charge in [0, 0.05) is 42.3 Å². The number of ether oxygens (including phenoxy) is 1. The Morgan fingerprint density at radius 3 is 2.41 bits per heavy atom. The molecule has 0 aliphatic carbocycles. The summed E-state index contributed by atoms with van der Waals surface area (Å²) < 4.78 is 5.31. The van der Waals surface area contributed by atoms with E-state index in [-0.39, 0.29) is 0 Å². The molecule has 2 heterocycles. The highest BCUT2D eigenvalue weighted by molar-refractivity contribution is 5.65. The lowest BCUT2D eigenvalue weighted by atomic mass is 10.2. The Kier molecular flexibility index (Phi) is 5.62. The van der Waals surface area contributed by atoms with Crippen LogP contribution < -0.4 is 15.4 Å². The molecule has 0 bridgehead atoms. The molecule has 6 nitrogen and oxygen atoms in total. The van der Waals surface area contributed by atoms with Crippen molar-refractivity contribution in [2.45, 2.75) is 6.54 Å². The van der Waals surface area contributed by atoms with E-state index in [4.69, 9.17) is 14.7 Å². The predicted molar refractivity (Wildman–Crippen MR) is 115 cm³/mol. The summed E-state index contributed by atoms with van der Waals surface area (Å²) in [6.45, 7) is 0.645. The molecule has 0 saturated heterocycles. The van der Waals surface area contributed by atoms with Gasteiger partial charge in [-0.2, -0.15) is 0 Å². The van der Waals surface area contributed by atoms with E-state index in [1.54, 1.807) is 19.5 Å². The number of pyridine rings is 1. The van der Waals surface area contributed by atoms with Crippen molar-refractivity contribution in [2.24, 2.45) is 0 Å². The highest BCUT2D eigenvalue weighted by Gasteiger charge is 2.08. The Bertz CT molecular complexity index is 1070. The van der Waals surface area contributed by atoms with Crippen molar-refractivity contribution in [2.75, 3.05) is 17.7 Å². The van der Waals surface area contributed by atoms with Gasteiger partial charge in [0.15, 0.2) is 5.82 Å². The van der Waals surface area contributed by atoms with Gasteiger partial charge in [-0.15, -0.1) is 0 Å². The molecule has 0 amide bonds. The van der Waals surface area contributed by atoms with E-state index < -0.39 is 0 Å². The monoisotopic (exact) mass is 383 g/mol. The van der Waals surface area contributed by atoms with Crippen LogP contribution in [0, 0.1) is 0 Å². The number of hydrogen-bond donors (Lipinski definition) is 2. The molecule has 0 aliphatic heterocycles. The molecule has 144 valence electrons. The molecule has 0 unspecified atom stereocenters. The standard InChI is InChI=1S/C23H21N5O/c1-29-20-9-5-8-19(14-20)26-22-15-21(25-16-17-10-12-24-13-11-17)27-23(28-22)18-6-3-2-4-7-18/h2-15H,16H2,1H3,(H2,25,26,27,28). The first-order valence-electron chi connectivity index (χ1n) is 9.28. The van der Waals surface area contributed by atoms with Gasteiger partial charge < -0.3 is 15.4 Å². The molecule has 0 atom stereocenters. The van der Waals surface area contributed by atoms with E-state index in [1.807, 2.05) is 72.8 Å². The Hall–Kier alpha value is -3.93. The fraction of sp³-hybridized carbons (Fsp3) is 0.0870. The number of nitrogens with zero attached hydrogens (tertiary/aromatic N) is 3. The Labute approximate surface area is 169 Å². The van der Waals surface area contributed by atoms with E-state index in [2.05, 4.69) is 15.6 Å². The van der Waals surface area contributed by atoms with Gasteiger partial charge in [-0.1, -0.05) is 36.4 Å². The van der Waals surface area contributed by atoms with Gasteiger partial charge >= 0.3 is 0 Å². The third-order valence-electron chi connectivity index (χ3n) is 4.32. The van der Waals surface area contributed by atoms with Crippen LogP contribution in [0.25, 0.3) is 11.4 Å². The number of hydrogen-bond acceptors (Lipinski definition) is 6. The first kappa shape index (κ1) is 18.4. The second-order valence-electron chi connectivity index (χ2n) is 6.39. The highest BCUT2D eigenvalue weighted by Crippen LogP contribution is 2.24. The summed E-state index contributed by atoms with van der Waals surface area (Å²) in [4.78, 5) is 13.4. The molecule has 0 fully saturated rings. The molecular weight excluding hydrogens is 362 g/mol. The van der Waals surface area contributed by atoms with Crippen molar-refractivity contribution >= 4 is 17.3 Å². The van der Waals surface area contributed by atoms with Crippen LogP contribution in [-0.4, -0.2) is 22.1 Å². The lowest BCUT2D eigenvalue weighted by Gasteiger charge is -2.12. The van der Waals surface area contributed by atoms with Crippen LogP contribution in [0.4, 0.5) is 17.3 Å². The summed E-state index contributed by atoms with van der Waals surface area (Å²) in [5.41, 5.74) is 2.97. The minimum Gasteiger partial charge on any atom is -0.497 e. The zero-order valence-electron chi connectivity index (χ0n) is 16.0. The zero-order valence-corrected chi connectivity index (χ0v) is 16.0. The van der Waals surface area contributed by atoms with Crippen LogP contribution in [-0.2, 0) is 6.54 Å². The molecule has 4 aromatic rings. The number of nitrogens with one attached hydrogen (secondary N) is 2. The molecule has 2 N–H and O–H groups in total. The normalized spacial score (nSPS) is 10.4. The smallest absolute Gasteiger partial charge is 0.163 e. The number of anilines is 3. The van der Waals surface area contributed by atoms with Crippen molar-refractivity contribution in [3.8, 4) is 17.1 Å². The second-order valence-corrected chi connectivity index (χ2v) is 6.39. The van der Waals surface area contributed by atoms with Crippen molar-refractivity contribution in [1.82, 2.24) is 15.0 Å². The Morgan fingerprint density at radius 2 is 1.62 bits per heavy atom. The summed E-state index contributed by atoms with van der Waals surface area (Å²) in [5.74, 6) is 2.87. The number of benzene rings is 2. The minimum absolute atomic E-state index is 0.645. The summed E-state index contributed by atoms with van der Waals surface area (Å²) in [7, 11) is 1.65. The fourth-order valence-electron chi connectivity index (χ4n) is 2.86. The quantitative estimate of drug-likeness (QED) is 0.473. The number of methoxy groups -OCH3 is 1. The average Bonchev–Trinajstić information content (AvgIpc) is 2.79. The summed E-state index contributed by atoms with van der Waals surface area (Å²) >= 11 is 0. The molecule has 4 rings (SSSR count). The molecule has 2 aromatic heterocycles. The van der Waals surface area contributed by atoms with Crippen molar-refractivity contribution < 1.29 is 4.74 Å². The molecular formula is C23H21N5O. The van der Waals surface area contributed by atoms with E-state index in [0.29, 0.717) is 18.2 Å². The van der Waals surface area contributed by atoms with Crippen LogP contribution in [0.1, 0.15) is 5.56 Å². The maximum Gasteiger partial charge on any atom is 0.163 e. The van der Waals surface area contributed by atoms with Crippen LogP contribution in [0.3, 0.4) is 0 Å². The van der Waals surface area contributed by atoms with Crippen molar-refractivity contribution in [3.05, 3.63) is 90.8 Å². The molecule has 6 heteroatoms. The maximum absolute atomic E-state index is 5.31. The molecule has 2 aromatic carbocycles. The molecule has 0 saturated carbocycles. The third-order valence-corrected chi connectivity index (χ3v) is 4.32. The van der Waals surface area contributed by atoms with E-state index >= 15 is 0 Å². The Balaban J connectivity index is 1.64. The van der Waals surface area contributed by atoms with E-state index in [1.165, 1.54) is 0 Å². The zero-order chi connectivity index (χ0) is 19.9. The predicted octanol–water partition coefficient (Wildman–Crippen LogP) is 4.90. The van der Waals surface area contributed by atoms with Gasteiger partial charge in [-0.05, 0) is 29.8 Å². The molecule has 0 radical (unpaired) electrons. The van der Waals surface area contributed by atoms with Crippen LogP contribution in [0.15, 0.2) is 85.2 Å². The van der Waals surface area contributed by atoms with Gasteiger partial charge in [0.1, 0.15) is 17.4 Å². The highest BCUT2D eigenvalue weighted by atomic mass is 16.5. The van der Waals surface area contributed by atoms with Gasteiger partial charge in [0.05, 0.1) is 7.11 Å². The lowest BCUT2D eigenvalue weighted by molar-refractivity contribution is 0.415. The van der Waals surface area contributed by atoms with Crippen LogP contribution in [0.5, 0.6) is 5.75 Å². The van der Waals surface area contributed by atoms with Gasteiger partial charge in [0.2, 0.25) is 0 Å². The van der Waals surface area contributed by atoms with Crippen LogP contribution >= 0.6 is 0 Å². The minimum atomic E-state index is 0.645. The summed E-state index contributed by atoms with van der Waals surface area (Å²) in [5, 5.41) is 6.72. The average molecular weight is 383 g/mol. The SMILES string of the molecule is COc1cccc(Nc2cc(NCc3ccncc3)nc(-c3ccccc3)n2)c1. The maximum atomic E-state index is 5.31. The first-order chi connectivity index (χ1) is 14.3. The molecule has 0 spiro atoms. The number of aromatic nitrogens is 3. The van der Waals surface area contributed by atoms with Gasteiger partial charge in [-0.25, -0.2) is 9.97 Å². The van der Waals surface area contributed by atoms with Crippen molar-refractivity contribution in [1.29, 1.82) is 0 Å². The second kappa shape index (κ2) is 8.84. The van der Waals surface area contributed by atoms with E-state index in [0.717, 1.165) is 28.4 Å². The Morgan fingerprint density at radius 1 is 0.828 bits per heavy atom. The molecule has 29 heavy (non-hydrogen) atoms. The van der Waals surface area contributed by atoms with E-state index in [9.17, 15) is 0 Å². The largest absolute Gasteiger partial charge is 0.497 e. The summed E-state index contributed by atoms with van der Waals surface area (Å²) in [6, 6.07) is 23.5. The van der Waals surface area contributed by atoms with Crippen molar-refractivity contribution in [3.63, 3.8) is 0 Å². The van der Waals surface area contributed by atoms with Gasteiger partial charge in [-0.3, -0.25) is 4.98 Å².